The third-order valence-corrected chi connectivity index (χ3v) is 2.94. The van der Waals surface area contributed by atoms with Gasteiger partial charge in [0.15, 0.2) is 0 Å². The largest absolute Gasteiger partial charge is 0.373 e. The van der Waals surface area contributed by atoms with Crippen LogP contribution < -0.4 is 10.2 Å². The molecule has 0 saturated heterocycles. The molecule has 0 saturated carbocycles. The van der Waals surface area contributed by atoms with Crippen LogP contribution in [0.5, 0.6) is 0 Å². The Labute approximate surface area is 107 Å². The van der Waals surface area contributed by atoms with Gasteiger partial charge in [-0.1, -0.05) is 20.3 Å². The summed E-state index contributed by atoms with van der Waals surface area (Å²) in [6, 6.07) is 2.93. The van der Waals surface area contributed by atoms with E-state index in [1.54, 1.807) is 7.05 Å². The van der Waals surface area contributed by atoms with Gasteiger partial charge in [-0.15, -0.1) is 0 Å². The van der Waals surface area contributed by atoms with Crippen LogP contribution in [0, 0.1) is 16.0 Å². The van der Waals surface area contributed by atoms with Crippen molar-refractivity contribution in [1.82, 2.24) is 4.98 Å². The van der Waals surface area contributed by atoms with E-state index in [4.69, 9.17) is 0 Å². The highest BCUT2D eigenvalue weighted by Gasteiger charge is 2.14. The van der Waals surface area contributed by atoms with Crippen molar-refractivity contribution in [2.24, 2.45) is 5.92 Å². The minimum atomic E-state index is -0.400. The number of nitrogens with one attached hydrogen (secondary N) is 1. The van der Waals surface area contributed by atoms with Crippen LogP contribution in [0.2, 0.25) is 0 Å². The van der Waals surface area contributed by atoms with Crippen LogP contribution in [0.15, 0.2) is 12.1 Å². The number of rotatable bonds is 6. The molecule has 0 fully saturated rings. The quantitative estimate of drug-likeness (QED) is 0.622. The van der Waals surface area contributed by atoms with Crippen LogP contribution in [0.3, 0.4) is 0 Å². The SMILES string of the molecule is CCC(C)CN(C)c1cc([N+](=O)[O-])cc(NC)n1. The standard InChI is InChI=1S/C12H20N4O2/c1-5-9(2)8-15(4)12-7-10(16(17)18)6-11(13-3)14-12/h6-7,9H,5,8H2,1-4H3,(H,13,14). The molecule has 1 aromatic rings. The molecule has 100 valence electrons. The molecule has 1 atom stereocenters. The molecule has 6 nitrogen and oxygen atoms in total. The summed E-state index contributed by atoms with van der Waals surface area (Å²) in [7, 11) is 3.60. The van der Waals surface area contributed by atoms with Gasteiger partial charge >= 0.3 is 0 Å². The molecule has 0 radical (unpaired) electrons. The molecule has 0 amide bonds. The van der Waals surface area contributed by atoms with Crippen molar-refractivity contribution in [2.45, 2.75) is 20.3 Å². The number of pyridine rings is 1. The lowest BCUT2D eigenvalue weighted by molar-refractivity contribution is -0.384. The molecule has 1 unspecified atom stereocenters. The molecule has 1 N–H and O–H groups in total. The third kappa shape index (κ3) is 3.58. The smallest absolute Gasteiger partial charge is 0.276 e. The van der Waals surface area contributed by atoms with Crippen LogP contribution in [0.1, 0.15) is 20.3 Å². The first-order valence-electron chi connectivity index (χ1n) is 6.03. The minimum absolute atomic E-state index is 0.0559. The van der Waals surface area contributed by atoms with Crippen molar-refractivity contribution in [2.75, 3.05) is 30.9 Å². The Morgan fingerprint density at radius 2 is 2.22 bits per heavy atom. The van der Waals surface area contributed by atoms with E-state index in [9.17, 15) is 10.1 Å². The van der Waals surface area contributed by atoms with Crippen molar-refractivity contribution in [3.8, 4) is 0 Å². The highest BCUT2D eigenvalue weighted by atomic mass is 16.6. The second kappa shape index (κ2) is 6.18. The lowest BCUT2D eigenvalue weighted by Gasteiger charge is -2.22. The van der Waals surface area contributed by atoms with E-state index in [-0.39, 0.29) is 5.69 Å². The molecule has 0 aromatic carbocycles. The summed E-state index contributed by atoms with van der Waals surface area (Å²) in [5, 5.41) is 13.7. The van der Waals surface area contributed by atoms with Gasteiger partial charge < -0.3 is 10.2 Å². The highest BCUT2D eigenvalue weighted by Crippen LogP contribution is 2.23. The van der Waals surface area contributed by atoms with Crippen molar-refractivity contribution in [3.63, 3.8) is 0 Å². The molecular weight excluding hydrogens is 232 g/mol. The van der Waals surface area contributed by atoms with Crippen LogP contribution in [-0.2, 0) is 0 Å². The van der Waals surface area contributed by atoms with Gasteiger partial charge in [-0.3, -0.25) is 10.1 Å². The first-order chi connectivity index (χ1) is 8.47. The second-order valence-corrected chi connectivity index (χ2v) is 4.47. The van der Waals surface area contributed by atoms with Gasteiger partial charge in [-0.25, -0.2) is 4.98 Å². The van der Waals surface area contributed by atoms with E-state index >= 15 is 0 Å². The molecule has 0 spiro atoms. The van der Waals surface area contributed by atoms with E-state index in [1.165, 1.54) is 12.1 Å². The molecule has 0 bridgehead atoms. The number of hydrogen-bond donors (Lipinski definition) is 1. The van der Waals surface area contributed by atoms with E-state index in [0.717, 1.165) is 13.0 Å². The van der Waals surface area contributed by atoms with E-state index < -0.39 is 4.92 Å². The zero-order chi connectivity index (χ0) is 13.7. The Hall–Kier alpha value is -1.85. The average Bonchev–Trinajstić information content (AvgIpc) is 2.37. The number of aromatic nitrogens is 1. The van der Waals surface area contributed by atoms with Crippen LogP contribution in [0.25, 0.3) is 0 Å². The van der Waals surface area contributed by atoms with Gasteiger partial charge in [-0.2, -0.15) is 0 Å². The molecule has 0 aliphatic carbocycles. The summed E-state index contributed by atoms with van der Waals surface area (Å²) in [6.07, 6.45) is 1.07. The van der Waals surface area contributed by atoms with Crippen LogP contribution in [-0.4, -0.2) is 30.5 Å². The summed E-state index contributed by atoms with van der Waals surface area (Å²) in [6.45, 7) is 5.10. The van der Waals surface area contributed by atoms with Crippen LogP contribution in [0.4, 0.5) is 17.3 Å². The summed E-state index contributed by atoms with van der Waals surface area (Å²) in [5.41, 5.74) is 0.0559. The summed E-state index contributed by atoms with van der Waals surface area (Å²) < 4.78 is 0. The fourth-order valence-corrected chi connectivity index (χ4v) is 1.62. The maximum Gasteiger partial charge on any atom is 0.276 e. The molecule has 0 aliphatic rings. The minimum Gasteiger partial charge on any atom is -0.373 e. The molecule has 1 heterocycles. The van der Waals surface area contributed by atoms with E-state index in [1.807, 2.05) is 11.9 Å². The van der Waals surface area contributed by atoms with Crippen molar-refractivity contribution in [1.29, 1.82) is 0 Å². The number of nitro groups is 1. The maximum absolute atomic E-state index is 10.9. The summed E-state index contributed by atoms with van der Waals surface area (Å²) in [4.78, 5) is 16.7. The Morgan fingerprint density at radius 3 is 2.72 bits per heavy atom. The normalized spacial score (nSPS) is 12.0. The van der Waals surface area contributed by atoms with Gasteiger partial charge in [0, 0.05) is 20.6 Å². The first-order valence-corrected chi connectivity index (χ1v) is 6.03. The Kier molecular flexibility index (Phi) is 4.88. The molecule has 0 aliphatic heterocycles. The predicted molar refractivity (Wildman–Crippen MR) is 73.2 cm³/mol. The number of anilines is 2. The zero-order valence-corrected chi connectivity index (χ0v) is 11.3. The van der Waals surface area contributed by atoms with Crippen molar-refractivity contribution < 1.29 is 4.92 Å². The second-order valence-electron chi connectivity index (χ2n) is 4.47. The summed E-state index contributed by atoms with van der Waals surface area (Å²) in [5.74, 6) is 1.65. The fraction of sp³-hybridized carbons (Fsp3) is 0.583. The first kappa shape index (κ1) is 14.2. The van der Waals surface area contributed by atoms with Gasteiger partial charge in [0.1, 0.15) is 11.6 Å². The van der Waals surface area contributed by atoms with Crippen molar-refractivity contribution >= 4 is 17.3 Å². The molecular formula is C12H20N4O2. The predicted octanol–water partition coefficient (Wildman–Crippen LogP) is 2.51. The molecule has 1 rings (SSSR count). The Morgan fingerprint density at radius 1 is 1.56 bits per heavy atom. The van der Waals surface area contributed by atoms with Gasteiger partial charge in [-0.05, 0) is 5.92 Å². The molecule has 18 heavy (non-hydrogen) atoms. The zero-order valence-electron chi connectivity index (χ0n) is 11.3. The fourth-order valence-electron chi connectivity index (χ4n) is 1.62. The van der Waals surface area contributed by atoms with Crippen molar-refractivity contribution in [3.05, 3.63) is 22.2 Å². The molecule has 6 heteroatoms. The van der Waals surface area contributed by atoms with Gasteiger partial charge in [0.05, 0.1) is 17.1 Å². The Balaban J connectivity index is 3.00. The lowest BCUT2D eigenvalue weighted by atomic mass is 10.1. The lowest BCUT2D eigenvalue weighted by Crippen LogP contribution is -2.24. The van der Waals surface area contributed by atoms with E-state index in [2.05, 4.69) is 24.1 Å². The van der Waals surface area contributed by atoms with E-state index in [0.29, 0.717) is 17.6 Å². The Bertz CT molecular complexity index is 423. The maximum atomic E-state index is 10.9. The average molecular weight is 252 g/mol. The van der Waals surface area contributed by atoms with Gasteiger partial charge in [0.25, 0.3) is 5.69 Å². The topological polar surface area (TPSA) is 71.3 Å². The highest BCUT2D eigenvalue weighted by molar-refractivity contribution is 5.55. The third-order valence-electron chi connectivity index (χ3n) is 2.94. The molecule has 1 aromatic heterocycles. The monoisotopic (exact) mass is 252 g/mol. The number of nitrogens with zero attached hydrogens (tertiary/aromatic N) is 3. The van der Waals surface area contributed by atoms with Gasteiger partial charge in [0.2, 0.25) is 0 Å². The summed E-state index contributed by atoms with van der Waals surface area (Å²) >= 11 is 0. The number of hydrogen-bond acceptors (Lipinski definition) is 5. The van der Waals surface area contributed by atoms with Crippen LogP contribution >= 0.6 is 0 Å².